The Bertz CT molecular complexity index is 1080. The summed E-state index contributed by atoms with van der Waals surface area (Å²) < 4.78 is 20.4. The zero-order valence-corrected chi connectivity index (χ0v) is 17.0. The van der Waals surface area contributed by atoms with E-state index in [1.54, 1.807) is 24.4 Å². The Morgan fingerprint density at radius 2 is 1.93 bits per heavy atom. The van der Waals surface area contributed by atoms with E-state index < -0.39 is 0 Å². The fraction of sp³-hybridized carbons (Fsp3) is 0.250. The Kier molecular flexibility index (Phi) is 5.77. The number of anilines is 2. The maximum Gasteiger partial charge on any atom is 0.248 e. The molecule has 2 aromatic carbocycles. The van der Waals surface area contributed by atoms with Crippen molar-refractivity contribution in [2.24, 2.45) is 0 Å². The van der Waals surface area contributed by atoms with Gasteiger partial charge in [-0.15, -0.1) is 0 Å². The Balaban J connectivity index is 1.46. The first-order chi connectivity index (χ1) is 14.5. The van der Waals surface area contributed by atoms with E-state index in [0.717, 1.165) is 16.5 Å². The van der Waals surface area contributed by atoms with E-state index in [9.17, 15) is 9.18 Å². The molecule has 5 nitrogen and oxygen atoms in total. The van der Waals surface area contributed by atoms with Crippen LogP contribution in [0.1, 0.15) is 19.4 Å². The van der Waals surface area contributed by atoms with Crippen LogP contribution in [0.3, 0.4) is 0 Å². The Hall–Kier alpha value is -3.25. The third kappa shape index (κ3) is 4.49. The lowest BCUT2D eigenvalue weighted by atomic mass is 10.1. The van der Waals surface area contributed by atoms with Gasteiger partial charge < -0.3 is 15.0 Å². The molecule has 1 aromatic heterocycles. The molecule has 0 spiro atoms. The first kappa shape index (κ1) is 20.0. The number of benzene rings is 2. The smallest absolute Gasteiger partial charge is 0.248 e. The second kappa shape index (κ2) is 8.63. The molecule has 1 aliphatic rings. The van der Waals surface area contributed by atoms with E-state index in [4.69, 9.17) is 4.74 Å². The molecule has 2 unspecified atom stereocenters. The van der Waals surface area contributed by atoms with Crippen LogP contribution in [0.4, 0.5) is 15.8 Å². The molecular formula is C24H24FN3O2. The molecule has 4 rings (SSSR count). The number of aromatic nitrogens is 1. The molecule has 1 saturated heterocycles. The fourth-order valence-corrected chi connectivity index (χ4v) is 3.83. The van der Waals surface area contributed by atoms with Crippen LogP contribution in [-0.2, 0) is 9.53 Å². The van der Waals surface area contributed by atoms with E-state index in [-0.39, 0.29) is 23.9 Å². The molecule has 3 aromatic rings. The van der Waals surface area contributed by atoms with E-state index in [2.05, 4.69) is 10.3 Å². The molecule has 0 bridgehead atoms. The molecule has 1 amide bonds. The maximum absolute atomic E-state index is 14.7. The summed E-state index contributed by atoms with van der Waals surface area (Å²) in [6.45, 7) is 5.23. The van der Waals surface area contributed by atoms with Gasteiger partial charge in [0.15, 0.2) is 0 Å². The highest BCUT2D eigenvalue weighted by Gasteiger charge is 2.24. The summed E-state index contributed by atoms with van der Waals surface area (Å²) in [6, 6.07) is 14.4. The monoisotopic (exact) mass is 405 g/mol. The topological polar surface area (TPSA) is 54.5 Å². The van der Waals surface area contributed by atoms with Crippen LogP contribution in [0, 0.1) is 5.82 Å². The summed E-state index contributed by atoms with van der Waals surface area (Å²) in [6.07, 6.45) is 4.95. The average molecular weight is 405 g/mol. The minimum absolute atomic E-state index is 0.0428. The van der Waals surface area contributed by atoms with E-state index in [0.29, 0.717) is 24.5 Å². The molecule has 0 saturated carbocycles. The van der Waals surface area contributed by atoms with Crippen LogP contribution in [0.15, 0.2) is 60.8 Å². The molecular weight excluding hydrogens is 381 g/mol. The number of pyridine rings is 1. The predicted molar refractivity (Wildman–Crippen MR) is 118 cm³/mol. The van der Waals surface area contributed by atoms with Crippen molar-refractivity contribution in [2.45, 2.75) is 26.1 Å². The van der Waals surface area contributed by atoms with Crippen LogP contribution >= 0.6 is 0 Å². The lowest BCUT2D eigenvalue weighted by Crippen LogP contribution is -2.45. The van der Waals surface area contributed by atoms with Gasteiger partial charge in [0.25, 0.3) is 0 Å². The van der Waals surface area contributed by atoms with Crippen LogP contribution in [0.25, 0.3) is 17.0 Å². The van der Waals surface area contributed by atoms with Gasteiger partial charge in [-0.25, -0.2) is 4.39 Å². The second-order valence-corrected chi connectivity index (χ2v) is 7.57. The number of hydrogen-bond acceptors (Lipinski definition) is 4. The number of carbonyl (C=O) groups excluding carboxylic acids is 1. The first-order valence-corrected chi connectivity index (χ1v) is 10.0. The van der Waals surface area contributed by atoms with Crippen LogP contribution < -0.4 is 10.2 Å². The lowest BCUT2D eigenvalue weighted by Gasteiger charge is -2.37. The molecule has 1 fully saturated rings. The number of amides is 1. The number of para-hydroxylation sites is 1. The molecule has 154 valence electrons. The standard InChI is InChI=1S/C24H24FN3O2/c1-16-14-28(15-17(2)30-16)22-10-9-20(13-21(22)25)27-23(29)11-8-19-6-3-5-18-7-4-12-26-24(18)19/h3-13,16-17H,14-15H2,1-2H3,(H,27,29)/b11-8+. The summed E-state index contributed by atoms with van der Waals surface area (Å²) in [5.41, 5.74) is 2.61. The SMILES string of the molecule is CC1CN(c2ccc(NC(=O)/C=C/c3cccc4cccnc34)cc2F)CC(C)O1. The van der Waals surface area contributed by atoms with Gasteiger partial charge in [0, 0.05) is 42.0 Å². The van der Waals surface area contributed by atoms with Crippen molar-refractivity contribution in [3.63, 3.8) is 0 Å². The van der Waals surface area contributed by atoms with Crippen molar-refractivity contribution < 1.29 is 13.9 Å². The number of nitrogens with zero attached hydrogens (tertiary/aromatic N) is 2. The van der Waals surface area contributed by atoms with Crippen LogP contribution in [0.5, 0.6) is 0 Å². The van der Waals surface area contributed by atoms with Crippen molar-refractivity contribution >= 4 is 34.3 Å². The Morgan fingerprint density at radius 1 is 1.17 bits per heavy atom. The summed E-state index contributed by atoms with van der Waals surface area (Å²) in [5.74, 6) is -0.694. The number of rotatable bonds is 4. The van der Waals surface area contributed by atoms with Gasteiger partial charge in [-0.05, 0) is 44.2 Å². The molecule has 0 radical (unpaired) electrons. The van der Waals surface area contributed by atoms with Crippen LogP contribution in [0.2, 0.25) is 0 Å². The molecule has 30 heavy (non-hydrogen) atoms. The normalized spacial score (nSPS) is 19.4. The Labute approximate surface area is 175 Å². The summed E-state index contributed by atoms with van der Waals surface area (Å²) in [4.78, 5) is 18.7. The number of fused-ring (bicyclic) bond motifs is 1. The molecule has 2 atom stereocenters. The van der Waals surface area contributed by atoms with Crippen LogP contribution in [-0.4, -0.2) is 36.2 Å². The van der Waals surface area contributed by atoms with Gasteiger partial charge in [-0.2, -0.15) is 0 Å². The van der Waals surface area contributed by atoms with Gasteiger partial charge in [0.2, 0.25) is 5.91 Å². The molecule has 6 heteroatoms. The zero-order chi connectivity index (χ0) is 21.1. The third-order valence-electron chi connectivity index (χ3n) is 5.05. The highest BCUT2D eigenvalue weighted by molar-refractivity contribution is 6.03. The summed E-state index contributed by atoms with van der Waals surface area (Å²) in [7, 11) is 0. The third-order valence-corrected chi connectivity index (χ3v) is 5.05. The number of hydrogen-bond donors (Lipinski definition) is 1. The van der Waals surface area contributed by atoms with Gasteiger partial charge in [0.05, 0.1) is 23.4 Å². The fourth-order valence-electron chi connectivity index (χ4n) is 3.83. The van der Waals surface area contributed by atoms with Gasteiger partial charge in [-0.1, -0.05) is 24.3 Å². The van der Waals surface area contributed by atoms with Gasteiger partial charge >= 0.3 is 0 Å². The van der Waals surface area contributed by atoms with Gasteiger partial charge in [0.1, 0.15) is 5.82 Å². The highest BCUT2D eigenvalue weighted by atomic mass is 19.1. The number of carbonyl (C=O) groups is 1. The number of morpholine rings is 1. The first-order valence-electron chi connectivity index (χ1n) is 10.0. The summed E-state index contributed by atoms with van der Waals surface area (Å²) >= 11 is 0. The molecule has 2 heterocycles. The second-order valence-electron chi connectivity index (χ2n) is 7.57. The van der Waals surface area contributed by atoms with Gasteiger partial charge in [-0.3, -0.25) is 9.78 Å². The van der Waals surface area contributed by atoms with Crippen molar-refractivity contribution in [1.29, 1.82) is 0 Å². The Morgan fingerprint density at radius 3 is 2.70 bits per heavy atom. The van der Waals surface area contributed by atoms with E-state index in [1.165, 1.54) is 12.1 Å². The number of halogens is 1. The van der Waals surface area contributed by atoms with Crippen molar-refractivity contribution in [1.82, 2.24) is 4.98 Å². The van der Waals surface area contributed by atoms with E-state index >= 15 is 0 Å². The molecule has 1 N–H and O–H groups in total. The highest BCUT2D eigenvalue weighted by Crippen LogP contribution is 2.26. The number of nitrogens with one attached hydrogen (secondary N) is 1. The summed E-state index contributed by atoms with van der Waals surface area (Å²) in [5, 5.41) is 3.72. The lowest BCUT2D eigenvalue weighted by molar-refractivity contribution is -0.111. The van der Waals surface area contributed by atoms with Crippen molar-refractivity contribution in [3.05, 3.63) is 72.2 Å². The minimum Gasteiger partial charge on any atom is -0.372 e. The van der Waals surface area contributed by atoms with E-state index in [1.807, 2.05) is 49.1 Å². The predicted octanol–water partition coefficient (Wildman–Crippen LogP) is 4.64. The maximum atomic E-state index is 14.7. The molecule has 0 aliphatic carbocycles. The quantitative estimate of drug-likeness (QED) is 0.643. The zero-order valence-electron chi connectivity index (χ0n) is 17.0. The van der Waals surface area contributed by atoms with Crippen molar-refractivity contribution in [3.8, 4) is 0 Å². The van der Waals surface area contributed by atoms with Crippen molar-refractivity contribution in [2.75, 3.05) is 23.3 Å². The number of ether oxygens (including phenoxy) is 1. The largest absolute Gasteiger partial charge is 0.372 e. The molecule has 1 aliphatic heterocycles. The minimum atomic E-state index is -0.365. The average Bonchev–Trinajstić information content (AvgIpc) is 2.71.